The fourth-order valence-electron chi connectivity index (χ4n) is 4.00. The summed E-state index contributed by atoms with van der Waals surface area (Å²) in [6.45, 7) is 2.42. The number of carbonyl (C=O) groups is 1. The third-order valence-corrected chi connectivity index (χ3v) is 8.23. The van der Waals surface area contributed by atoms with E-state index in [2.05, 4.69) is 0 Å². The van der Waals surface area contributed by atoms with Gasteiger partial charge in [-0.25, -0.2) is 17.2 Å². The van der Waals surface area contributed by atoms with Gasteiger partial charge in [-0.2, -0.15) is 0 Å². The van der Waals surface area contributed by atoms with E-state index in [9.17, 15) is 17.6 Å². The number of methoxy groups -OCH3 is 1. The predicted octanol–water partition coefficient (Wildman–Crippen LogP) is 5.84. The van der Waals surface area contributed by atoms with Crippen LogP contribution in [0.1, 0.15) is 31.4 Å². The lowest BCUT2D eigenvalue weighted by molar-refractivity contribution is -0.133. The van der Waals surface area contributed by atoms with Crippen molar-refractivity contribution in [3.63, 3.8) is 0 Å². The molecule has 210 valence electrons. The molecule has 0 saturated carbocycles. The molecule has 1 amide bonds. The van der Waals surface area contributed by atoms with Crippen LogP contribution in [0.25, 0.3) is 0 Å². The van der Waals surface area contributed by atoms with Crippen molar-refractivity contribution in [3.8, 4) is 5.75 Å². The molecule has 3 aromatic rings. The van der Waals surface area contributed by atoms with Crippen molar-refractivity contribution in [1.29, 1.82) is 0 Å². The van der Waals surface area contributed by atoms with Crippen LogP contribution in [-0.2, 0) is 19.6 Å². The molecule has 0 aliphatic carbocycles. The van der Waals surface area contributed by atoms with Gasteiger partial charge in [0.25, 0.3) is 10.0 Å². The zero-order valence-electron chi connectivity index (χ0n) is 21.9. The van der Waals surface area contributed by atoms with Gasteiger partial charge >= 0.3 is 0 Å². The van der Waals surface area contributed by atoms with Crippen molar-refractivity contribution in [3.05, 3.63) is 89.0 Å². The maximum absolute atomic E-state index is 15.0. The molecule has 0 N–H and O–H groups in total. The van der Waals surface area contributed by atoms with Gasteiger partial charge in [0.1, 0.15) is 24.0 Å². The average molecular weight is 581 g/mol. The Balaban J connectivity index is 1.88. The molecule has 7 nitrogen and oxygen atoms in total. The summed E-state index contributed by atoms with van der Waals surface area (Å²) in [6, 6.07) is 14.0. The molecular weight excluding hydrogens is 550 g/mol. The van der Waals surface area contributed by atoms with E-state index in [4.69, 9.17) is 21.1 Å². The number of benzene rings is 3. The largest absolute Gasteiger partial charge is 0.493 e. The van der Waals surface area contributed by atoms with E-state index in [1.54, 1.807) is 43.1 Å². The van der Waals surface area contributed by atoms with Crippen molar-refractivity contribution in [2.75, 3.05) is 38.2 Å². The van der Waals surface area contributed by atoms with E-state index in [1.807, 2.05) is 0 Å². The number of amides is 1. The molecule has 0 aliphatic heterocycles. The summed E-state index contributed by atoms with van der Waals surface area (Å²) in [5, 5.41) is 0.332. The first-order valence-corrected chi connectivity index (χ1v) is 14.1. The Morgan fingerprint density at radius 3 is 2.41 bits per heavy atom. The first-order valence-electron chi connectivity index (χ1n) is 12.3. The molecule has 0 bridgehead atoms. The Bertz CT molecular complexity index is 1370. The van der Waals surface area contributed by atoms with E-state index in [-0.39, 0.29) is 17.4 Å². The molecule has 11 heteroatoms. The number of hydrogen-bond donors (Lipinski definition) is 0. The Hall–Kier alpha value is -3.21. The number of likely N-dealkylation sites (N-methyl/N-ethyl adjacent to an activating group) is 1. The van der Waals surface area contributed by atoms with E-state index < -0.39 is 33.4 Å². The molecule has 0 saturated heterocycles. The van der Waals surface area contributed by atoms with Gasteiger partial charge in [0.15, 0.2) is 0 Å². The summed E-state index contributed by atoms with van der Waals surface area (Å²) in [6.07, 6.45) is 1.30. The molecule has 0 heterocycles. The summed E-state index contributed by atoms with van der Waals surface area (Å²) >= 11 is 5.94. The summed E-state index contributed by atoms with van der Waals surface area (Å²) in [5.74, 6) is -1.40. The number of unbranched alkanes of at least 4 members (excludes halogenated alkanes) is 1. The fraction of sp³-hybridized carbons (Fsp3) is 0.321. The van der Waals surface area contributed by atoms with Gasteiger partial charge in [-0.05, 0) is 62.2 Å². The van der Waals surface area contributed by atoms with Gasteiger partial charge in [0.05, 0.1) is 23.2 Å². The van der Waals surface area contributed by atoms with E-state index in [0.29, 0.717) is 42.3 Å². The topological polar surface area (TPSA) is 76.2 Å². The number of halogens is 3. The van der Waals surface area contributed by atoms with E-state index in [1.165, 1.54) is 31.4 Å². The Labute approximate surface area is 232 Å². The van der Waals surface area contributed by atoms with Crippen molar-refractivity contribution >= 4 is 33.2 Å². The normalized spacial score (nSPS) is 12.2. The number of nitrogens with zero attached hydrogens (tertiary/aromatic N) is 2. The highest BCUT2D eigenvalue weighted by molar-refractivity contribution is 7.92. The van der Waals surface area contributed by atoms with E-state index >= 15 is 4.39 Å². The fourth-order valence-corrected chi connectivity index (χ4v) is 5.76. The summed E-state index contributed by atoms with van der Waals surface area (Å²) in [5.41, 5.74) is 0.0297. The first-order chi connectivity index (χ1) is 18.6. The molecule has 3 rings (SSSR count). The van der Waals surface area contributed by atoms with Crippen LogP contribution in [0.5, 0.6) is 5.75 Å². The van der Waals surface area contributed by atoms with Crippen molar-refractivity contribution in [2.24, 2.45) is 0 Å². The molecule has 1 unspecified atom stereocenters. The molecule has 0 aromatic heterocycles. The van der Waals surface area contributed by atoms with Gasteiger partial charge in [-0.3, -0.25) is 9.10 Å². The third kappa shape index (κ3) is 7.68. The number of rotatable bonds is 13. The lowest BCUT2D eigenvalue weighted by atomic mass is 10.1. The monoisotopic (exact) mass is 580 g/mol. The second-order valence-corrected chi connectivity index (χ2v) is 11.1. The summed E-state index contributed by atoms with van der Waals surface area (Å²) in [4.78, 5) is 13.3. The highest BCUT2D eigenvalue weighted by atomic mass is 35.5. The van der Waals surface area contributed by atoms with Gasteiger partial charge < -0.3 is 14.4 Å². The highest BCUT2D eigenvalue weighted by Gasteiger charge is 2.34. The number of carbonyl (C=O) groups excluding carboxylic acids is 1. The molecule has 0 radical (unpaired) electrons. The van der Waals surface area contributed by atoms with Crippen LogP contribution >= 0.6 is 11.6 Å². The summed E-state index contributed by atoms with van der Waals surface area (Å²) < 4.78 is 68.5. The number of hydrogen-bond acceptors (Lipinski definition) is 5. The molecule has 1 atom stereocenters. The number of anilines is 1. The number of para-hydroxylation sites is 1. The minimum absolute atomic E-state index is 0.0135. The molecule has 3 aromatic carbocycles. The zero-order chi connectivity index (χ0) is 28.6. The quantitative estimate of drug-likeness (QED) is 0.238. The van der Waals surface area contributed by atoms with Crippen molar-refractivity contribution in [1.82, 2.24) is 4.90 Å². The van der Waals surface area contributed by atoms with Crippen LogP contribution in [0.15, 0.2) is 71.6 Å². The maximum atomic E-state index is 15.0. The van der Waals surface area contributed by atoms with Crippen LogP contribution in [-0.4, -0.2) is 53.1 Å². The Morgan fingerprint density at radius 1 is 1.03 bits per heavy atom. The lowest BCUT2D eigenvalue weighted by Gasteiger charge is -2.32. The highest BCUT2D eigenvalue weighted by Crippen LogP contribution is 2.38. The maximum Gasteiger partial charge on any atom is 0.264 e. The smallest absolute Gasteiger partial charge is 0.264 e. The standard InChI is InChI=1S/C28H31ClF2N2O5S/c1-20(24-8-4-5-9-27(24)38-17-7-6-16-32(2)28(34)19-37-3)33(26-18-22(30)12-15-25(26)31)39(35,36)23-13-10-21(29)11-14-23/h4-5,8-15,18,20H,6-7,16-17,19H2,1-3H3. The van der Waals surface area contributed by atoms with Crippen LogP contribution in [0, 0.1) is 11.6 Å². The predicted molar refractivity (Wildman–Crippen MR) is 147 cm³/mol. The van der Waals surface area contributed by atoms with Crippen LogP contribution in [0.3, 0.4) is 0 Å². The van der Waals surface area contributed by atoms with Crippen molar-refractivity contribution in [2.45, 2.75) is 30.7 Å². The first kappa shape index (κ1) is 30.3. The number of ether oxygens (including phenoxy) is 2. The van der Waals surface area contributed by atoms with Gasteiger partial charge in [0, 0.05) is 37.4 Å². The minimum atomic E-state index is -4.36. The van der Waals surface area contributed by atoms with Crippen LogP contribution in [0.2, 0.25) is 5.02 Å². The second kappa shape index (κ2) is 13.7. The third-order valence-electron chi connectivity index (χ3n) is 6.08. The van der Waals surface area contributed by atoms with E-state index in [0.717, 1.165) is 22.5 Å². The molecule has 0 fully saturated rings. The molecule has 39 heavy (non-hydrogen) atoms. The van der Waals surface area contributed by atoms with Gasteiger partial charge in [0.2, 0.25) is 5.91 Å². The Morgan fingerprint density at radius 2 is 1.72 bits per heavy atom. The lowest BCUT2D eigenvalue weighted by Crippen LogP contribution is -2.34. The minimum Gasteiger partial charge on any atom is -0.493 e. The van der Waals surface area contributed by atoms with Crippen molar-refractivity contribution < 1.29 is 31.5 Å². The van der Waals surface area contributed by atoms with Crippen LogP contribution < -0.4 is 9.04 Å². The Kier molecular flexibility index (Phi) is 10.7. The molecule has 0 spiro atoms. The van der Waals surface area contributed by atoms with Gasteiger partial charge in [-0.15, -0.1) is 0 Å². The molecular formula is C28H31ClF2N2O5S. The number of sulfonamides is 1. The zero-order valence-corrected chi connectivity index (χ0v) is 23.5. The summed E-state index contributed by atoms with van der Waals surface area (Å²) in [7, 11) is -1.21. The second-order valence-electron chi connectivity index (χ2n) is 8.87. The molecule has 0 aliphatic rings. The van der Waals surface area contributed by atoms with Crippen LogP contribution in [0.4, 0.5) is 14.5 Å². The van der Waals surface area contributed by atoms with Gasteiger partial charge in [-0.1, -0.05) is 29.8 Å². The SMILES string of the molecule is COCC(=O)N(C)CCCCOc1ccccc1C(C)N(c1cc(F)ccc1F)S(=O)(=O)c1ccc(Cl)cc1. The average Bonchev–Trinajstić information content (AvgIpc) is 2.91.